The van der Waals surface area contributed by atoms with Gasteiger partial charge in [-0.1, -0.05) is 0 Å². The fraction of sp³-hybridized carbons (Fsp3) is 0.231. The van der Waals surface area contributed by atoms with Gasteiger partial charge in [0, 0.05) is 4.88 Å². The summed E-state index contributed by atoms with van der Waals surface area (Å²) in [6.07, 6.45) is 0. The van der Waals surface area contributed by atoms with Crippen molar-refractivity contribution in [3.05, 3.63) is 42.2 Å². The number of carbonyl (C=O) groups is 1. The lowest BCUT2D eigenvalue weighted by atomic mass is 10.2. The molecule has 1 heterocycles. The van der Waals surface area contributed by atoms with Crippen LogP contribution in [0.15, 0.2) is 21.1 Å². The third-order valence-electron chi connectivity index (χ3n) is 2.66. The summed E-state index contributed by atoms with van der Waals surface area (Å²) in [6, 6.07) is 3.03. The molecule has 2 aromatic rings. The number of aromatic carboxylic acids is 1. The van der Waals surface area contributed by atoms with Crippen molar-refractivity contribution in [3.63, 3.8) is 0 Å². The SMILES string of the molecule is Cc1nc(COc2c(Br)cc(C(=O)O)cc2Br)sc1C. The van der Waals surface area contributed by atoms with Gasteiger partial charge < -0.3 is 9.84 Å². The van der Waals surface area contributed by atoms with Crippen LogP contribution in [0.1, 0.15) is 25.9 Å². The molecule has 1 aromatic heterocycles. The molecule has 0 atom stereocenters. The third kappa shape index (κ3) is 3.39. The van der Waals surface area contributed by atoms with Crippen LogP contribution in [0.2, 0.25) is 0 Å². The minimum absolute atomic E-state index is 0.192. The van der Waals surface area contributed by atoms with Crippen LogP contribution in [0.25, 0.3) is 0 Å². The molecule has 0 amide bonds. The highest BCUT2D eigenvalue weighted by atomic mass is 79.9. The first-order chi connectivity index (χ1) is 9.38. The highest BCUT2D eigenvalue weighted by Gasteiger charge is 2.14. The Balaban J connectivity index is 2.19. The van der Waals surface area contributed by atoms with Crippen molar-refractivity contribution >= 4 is 49.2 Å². The molecule has 7 heteroatoms. The Labute approximate surface area is 137 Å². The van der Waals surface area contributed by atoms with Crippen LogP contribution in [0.4, 0.5) is 0 Å². The zero-order chi connectivity index (χ0) is 14.9. The maximum absolute atomic E-state index is 10.9. The fourth-order valence-corrected chi connectivity index (χ4v) is 3.82. The molecule has 0 unspecified atom stereocenters. The van der Waals surface area contributed by atoms with E-state index in [1.54, 1.807) is 11.3 Å². The van der Waals surface area contributed by atoms with Crippen LogP contribution in [-0.4, -0.2) is 16.1 Å². The molecule has 0 aliphatic heterocycles. The molecule has 20 heavy (non-hydrogen) atoms. The molecular weight excluding hydrogens is 410 g/mol. The van der Waals surface area contributed by atoms with Gasteiger partial charge in [-0.2, -0.15) is 0 Å². The summed E-state index contributed by atoms with van der Waals surface area (Å²) >= 11 is 8.24. The number of rotatable bonds is 4. The number of thiazole rings is 1. The number of carboxylic acids is 1. The number of halogens is 2. The fourth-order valence-electron chi connectivity index (χ4n) is 1.56. The lowest BCUT2D eigenvalue weighted by Crippen LogP contribution is -2.00. The molecule has 0 radical (unpaired) electrons. The van der Waals surface area contributed by atoms with Gasteiger partial charge in [0.2, 0.25) is 0 Å². The normalized spacial score (nSPS) is 10.6. The van der Waals surface area contributed by atoms with Crippen molar-refractivity contribution in [1.29, 1.82) is 0 Å². The van der Waals surface area contributed by atoms with Gasteiger partial charge in [0.15, 0.2) is 0 Å². The van der Waals surface area contributed by atoms with E-state index in [-0.39, 0.29) is 5.56 Å². The Kier molecular flexibility index (Phi) is 4.82. The number of hydrogen-bond acceptors (Lipinski definition) is 4. The number of carboxylic acid groups (broad SMARTS) is 1. The average molecular weight is 421 g/mol. The molecule has 106 valence electrons. The van der Waals surface area contributed by atoms with Crippen LogP contribution in [0, 0.1) is 13.8 Å². The van der Waals surface area contributed by atoms with Gasteiger partial charge in [-0.25, -0.2) is 9.78 Å². The maximum atomic E-state index is 10.9. The predicted octanol–water partition coefficient (Wildman–Crippen LogP) is 4.56. The molecule has 0 bridgehead atoms. The largest absolute Gasteiger partial charge is 0.484 e. The van der Waals surface area contributed by atoms with Crippen molar-refractivity contribution in [3.8, 4) is 5.75 Å². The first-order valence-corrected chi connectivity index (χ1v) is 8.06. The number of hydrogen-bond donors (Lipinski definition) is 1. The molecule has 0 aliphatic rings. The molecule has 1 aromatic carbocycles. The lowest BCUT2D eigenvalue weighted by Gasteiger charge is -2.10. The number of nitrogens with zero attached hydrogens (tertiary/aromatic N) is 1. The van der Waals surface area contributed by atoms with Crippen molar-refractivity contribution in [2.45, 2.75) is 20.5 Å². The van der Waals surface area contributed by atoms with Gasteiger partial charge in [-0.05, 0) is 57.8 Å². The zero-order valence-corrected chi connectivity index (χ0v) is 14.7. The van der Waals surface area contributed by atoms with Gasteiger partial charge in [-0.3, -0.25) is 0 Å². The van der Waals surface area contributed by atoms with Crippen LogP contribution in [-0.2, 0) is 6.61 Å². The summed E-state index contributed by atoms with van der Waals surface area (Å²) < 4.78 is 6.90. The number of benzene rings is 1. The van der Waals surface area contributed by atoms with Gasteiger partial charge >= 0.3 is 5.97 Å². The van der Waals surface area contributed by atoms with Crippen molar-refractivity contribution < 1.29 is 14.6 Å². The second-order valence-corrected chi connectivity index (χ2v) is 7.11. The van der Waals surface area contributed by atoms with E-state index in [1.807, 2.05) is 13.8 Å². The van der Waals surface area contributed by atoms with E-state index in [0.717, 1.165) is 10.7 Å². The topological polar surface area (TPSA) is 59.4 Å². The predicted molar refractivity (Wildman–Crippen MR) is 84.7 cm³/mol. The summed E-state index contributed by atoms with van der Waals surface area (Å²) in [5.74, 6) is -0.412. The minimum atomic E-state index is -0.982. The molecule has 0 spiro atoms. The summed E-state index contributed by atoms with van der Waals surface area (Å²) in [5, 5.41) is 9.86. The highest BCUT2D eigenvalue weighted by molar-refractivity contribution is 9.11. The van der Waals surface area contributed by atoms with E-state index in [1.165, 1.54) is 17.0 Å². The van der Waals surface area contributed by atoms with E-state index in [4.69, 9.17) is 9.84 Å². The van der Waals surface area contributed by atoms with Gasteiger partial charge in [0.25, 0.3) is 0 Å². The van der Waals surface area contributed by atoms with E-state index >= 15 is 0 Å². The Morgan fingerprint density at radius 3 is 2.40 bits per heavy atom. The maximum Gasteiger partial charge on any atom is 0.335 e. The van der Waals surface area contributed by atoms with E-state index in [2.05, 4.69) is 36.8 Å². The van der Waals surface area contributed by atoms with Gasteiger partial charge in [0.05, 0.1) is 20.2 Å². The summed E-state index contributed by atoms with van der Waals surface area (Å²) in [4.78, 5) is 16.5. The summed E-state index contributed by atoms with van der Waals surface area (Å²) in [6.45, 7) is 4.33. The van der Waals surface area contributed by atoms with E-state index in [0.29, 0.717) is 21.3 Å². The first kappa shape index (κ1) is 15.5. The van der Waals surface area contributed by atoms with Crippen LogP contribution >= 0.6 is 43.2 Å². The van der Waals surface area contributed by atoms with Crippen molar-refractivity contribution in [2.24, 2.45) is 0 Å². The van der Waals surface area contributed by atoms with E-state index in [9.17, 15) is 4.79 Å². The first-order valence-electron chi connectivity index (χ1n) is 5.66. The third-order valence-corrected chi connectivity index (χ3v) is 4.88. The molecule has 1 N–H and O–H groups in total. The Morgan fingerprint density at radius 1 is 1.35 bits per heavy atom. The molecule has 0 saturated carbocycles. The van der Waals surface area contributed by atoms with Crippen molar-refractivity contribution in [2.75, 3.05) is 0 Å². The molecule has 2 rings (SSSR count). The minimum Gasteiger partial charge on any atom is -0.484 e. The average Bonchev–Trinajstić information content (AvgIpc) is 2.67. The molecule has 0 aliphatic carbocycles. The van der Waals surface area contributed by atoms with Gasteiger partial charge in [-0.15, -0.1) is 11.3 Å². The quantitative estimate of drug-likeness (QED) is 0.787. The monoisotopic (exact) mass is 419 g/mol. The summed E-state index contributed by atoms with van der Waals surface area (Å²) in [5.41, 5.74) is 1.20. The molecule has 0 saturated heterocycles. The van der Waals surface area contributed by atoms with Gasteiger partial charge in [0.1, 0.15) is 17.4 Å². The van der Waals surface area contributed by atoms with Crippen LogP contribution in [0.3, 0.4) is 0 Å². The number of aryl methyl sites for hydroxylation is 2. The number of aromatic nitrogens is 1. The Bertz CT molecular complexity index is 627. The molecular formula is C13H11Br2NO3S. The molecule has 4 nitrogen and oxygen atoms in total. The van der Waals surface area contributed by atoms with E-state index < -0.39 is 5.97 Å². The van der Waals surface area contributed by atoms with Crippen LogP contribution in [0.5, 0.6) is 5.75 Å². The summed E-state index contributed by atoms with van der Waals surface area (Å²) in [7, 11) is 0. The second kappa shape index (κ2) is 6.24. The molecule has 0 fully saturated rings. The van der Waals surface area contributed by atoms with Crippen LogP contribution < -0.4 is 4.74 Å². The second-order valence-electron chi connectivity index (χ2n) is 4.11. The lowest BCUT2D eigenvalue weighted by molar-refractivity contribution is 0.0696. The highest BCUT2D eigenvalue weighted by Crippen LogP contribution is 2.35. The number of ether oxygens (including phenoxy) is 1. The standard InChI is InChI=1S/C13H11Br2NO3S/c1-6-7(2)20-11(16-6)5-19-12-9(14)3-8(13(17)18)4-10(12)15/h3-4H,5H2,1-2H3,(H,17,18). The van der Waals surface area contributed by atoms with Crippen molar-refractivity contribution in [1.82, 2.24) is 4.98 Å². The Morgan fingerprint density at radius 2 is 1.95 bits per heavy atom. The smallest absolute Gasteiger partial charge is 0.335 e. The zero-order valence-electron chi connectivity index (χ0n) is 10.7. The Hall–Kier alpha value is -0.920.